The van der Waals surface area contributed by atoms with E-state index in [2.05, 4.69) is 10.0 Å². The van der Waals surface area contributed by atoms with Crippen LogP contribution in [-0.2, 0) is 31.4 Å². The Morgan fingerprint density at radius 1 is 0.861 bits per heavy atom. The van der Waals surface area contributed by atoms with Gasteiger partial charge in [-0.05, 0) is 73.6 Å². The zero-order chi connectivity index (χ0) is 26.7. The second kappa shape index (κ2) is 11.5. The van der Waals surface area contributed by atoms with E-state index in [1.165, 1.54) is 55.6 Å². The van der Waals surface area contributed by atoms with Crippen molar-refractivity contribution in [2.24, 2.45) is 0 Å². The lowest BCUT2D eigenvalue weighted by molar-refractivity contribution is -0.116. The number of hydrogen-bond donors (Lipinski definition) is 2. The summed E-state index contributed by atoms with van der Waals surface area (Å²) in [6.07, 6.45) is 0. The number of nitrogens with one attached hydrogen (secondary N) is 2. The first kappa shape index (κ1) is 28.4. The summed E-state index contributed by atoms with van der Waals surface area (Å²) in [6, 6.07) is 14.4. The van der Waals surface area contributed by atoms with Crippen LogP contribution in [0.1, 0.15) is 11.1 Å². The second-order valence-electron chi connectivity index (χ2n) is 7.70. The number of anilines is 1. The Bertz CT molecular complexity index is 1500. The van der Waals surface area contributed by atoms with Crippen molar-refractivity contribution in [2.75, 3.05) is 18.9 Å². The Labute approximate surface area is 225 Å². The Hall–Kier alpha value is -2.18. The van der Waals surface area contributed by atoms with Crippen LogP contribution < -0.4 is 10.0 Å². The number of benzene rings is 3. The Kier molecular flexibility index (Phi) is 9.05. The number of aryl methyl sites for hydroxylation is 1. The lowest BCUT2D eigenvalue weighted by Gasteiger charge is -2.23. The molecule has 0 aliphatic rings. The van der Waals surface area contributed by atoms with Gasteiger partial charge in [0, 0.05) is 27.3 Å². The van der Waals surface area contributed by atoms with Crippen molar-refractivity contribution in [2.45, 2.75) is 23.3 Å². The van der Waals surface area contributed by atoms with E-state index >= 15 is 0 Å². The molecule has 1 amide bonds. The van der Waals surface area contributed by atoms with Gasteiger partial charge in [0.25, 0.3) is 0 Å². The zero-order valence-corrected chi connectivity index (χ0v) is 23.0. The third-order valence-corrected chi connectivity index (χ3v) is 9.25. The van der Waals surface area contributed by atoms with Crippen LogP contribution in [0.2, 0.25) is 15.1 Å². The molecule has 0 aromatic heterocycles. The van der Waals surface area contributed by atoms with Crippen molar-refractivity contribution < 1.29 is 21.6 Å². The van der Waals surface area contributed by atoms with Gasteiger partial charge in [0.2, 0.25) is 26.0 Å². The smallest absolute Gasteiger partial charge is 0.243 e. The van der Waals surface area contributed by atoms with Crippen molar-refractivity contribution in [3.05, 3.63) is 86.9 Å². The number of amides is 1. The minimum Gasteiger partial charge on any atom is -0.325 e. The molecule has 0 aliphatic carbocycles. The number of halogens is 3. The number of rotatable bonds is 9. The molecular weight excluding hydrogens is 569 g/mol. The largest absolute Gasteiger partial charge is 0.325 e. The molecule has 0 spiro atoms. The number of carbonyl (C=O) groups is 1. The average molecular weight is 591 g/mol. The van der Waals surface area contributed by atoms with Crippen molar-refractivity contribution in [3.63, 3.8) is 0 Å². The highest BCUT2D eigenvalue weighted by atomic mass is 35.5. The highest BCUT2D eigenvalue weighted by molar-refractivity contribution is 7.89. The minimum atomic E-state index is -4.16. The molecular formula is C23H22Cl3N3O5S2. The van der Waals surface area contributed by atoms with E-state index in [9.17, 15) is 21.6 Å². The van der Waals surface area contributed by atoms with Crippen LogP contribution in [0.15, 0.2) is 70.5 Å². The molecule has 192 valence electrons. The number of hydrogen-bond acceptors (Lipinski definition) is 5. The van der Waals surface area contributed by atoms with Crippen LogP contribution in [0.5, 0.6) is 0 Å². The second-order valence-corrected chi connectivity index (χ2v) is 12.8. The van der Waals surface area contributed by atoms with Crippen LogP contribution in [0.4, 0.5) is 5.69 Å². The molecule has 0 atom stereocenters. The first-order valence-corrected chi connectivity index (χ1v) is 14.4. The van der Waals surface area contributed by atoms with Crippen LogP contribution in [0.25, 0.3) is 0 Å². The fourth-order valence-electron chi connectivity index (χ4n) is 3.19. The molecule has 0 fully saturated rings. The van der Waals surface area contributed by atoms with Crippen molar-refractivity contribution in [3.8, 4) is 0 Å². The van der Waals surface area contributed by atoms with Crippen molar-refractivity contribution in [1.82, 2.24) is 9.03 Å². The minimum absolute atomic E-state index is 0.0514. The van der Waals surface area contributed by atoms with Gasteiger partial charge in [-0.3, -0.25) is 4.79 Å². The molecule has 8 nitrogen and oxygen atoms in total. The van der Waals surface area contributed by atoms with Gasteiger partial charge in [-0.25, -0.2) is 21.6 Å². The van der Waals surface area contributed by atoms with Gasteiger partial charge in [-0.2, -0.15) is 4.31 Å². The summed E-state index contributed by atoms with van der Waals surface area (Å²) in [6.45, 7) is 0.884. The normalized spacial score (nSPS) is 12.1. The first-order valence-electron chi connectivity index (χ1n) is 10.4. The molecule has 0 bridgehead atoms. The lowest BCUT2D eigenvalue weighted by atomic mass is 10.2. The molecule has 0 radical (unpaired) electrons. The van der Waals surface area contributed by atoms with E-state index in [1.54, 1.807) is 19.1 Å². The van der Waals surface area contributed by atoms with Crippen molar-refractivity contribution >= 4 is 66.4 Å². The maximum atomic E-state index is 13.5. The molecule has 0 heterocycles. The van der Waals surface area contributed by atoms with Gasteiger partial charge in [0.15, 0.2) is 0 Å². The Morgan fingerprint density at radius 3 is 2.08 bits per heavy atom. The van der Waals surface area contributed by atoms with Gasteiger partial charge in [0.1, 0.15) is 0 Å². The maximum absolute atomic E-state index is 13.5. The fourth-order valence-corrected chi connectivity index (χ4v) is 5.92. The Balaban J connectivity index is 1.95. The molecule has 0 aliphatic heterocycles. The van der Waals surface area contributed by atoms with Gasteiger partial charge in [0.05, 0.1) is 16.3 Å². The average Bonchev–Trinajstić information content (AvgIpc) is 2.81. The van der Waals surface area contributed by atoms with Crippen LogP contribution in [0.3, 0.4) is 0 Å². The summed E-state index contributed by atoms with van der Waals surface area (Å²) >= 11 is 18.1. The predicted molar refractivity (Wildman–Crippen MR) is 142 cm³/mol. The van der Waals surface area contributed by atoms with Gasteiger partial charge < -0.3 is 5.32 Å². The SMILES string of the molecule is CNS(=O)(=O)c1ccc(C)c(NC(=O)CN(Cc2ccc(Cl)cc2Cl)S(=O)(=O)c2ccc(Cl)cc2)c1. The van der Waals surface area contributed by atoms with E-state index in [0.717, 1.165) is 4.31 Å². The van der Waals surface area contributed by atoms with Crippen LogP contribution in [-0.4, -0.2) is 40.6 Å². The summed E-state index contributed by atoms with van der Waals surface area (Å²) in [7, 11) is -6.64. The molecule has 3 aromatic rings. The summed E-state index contributed by atoms with van der Waals surface area (Å²) in [5.74, 6) is -0.681. The Morgan fingerprint density at radius 2 is 1.47 bits per heavy atom. The highest BCUT2D eigenvalue weighted by Crippen LogP contribution is 2.26. The third kappa shape index (κ3) is 6.77. The lowest BCUT2D eigenvalue weighted by Crippen LogP contribution is -2.37. The van der Waals surface area contributed by atoms with Gasteiger partial charge in [-0.15, -0.1) is 0 Å². The van der Waals surface area contributed by atoms with E-state index in [-0.39, 0.29) is 27.0 Å². The maximum Gasteiger partial charge on any atom is 0.243 e. The summed E-state index contributed by atoms with van der Waals surface area (Å²) < 4.78 is 54.4. The van der Waals surface area contributed by atoms with Crippen LogP contribution >= 0.6 is 34.8 Å². The van der Waals surface area contributed by atoms with E-state index in [1.807, 2.05) is 0 Å². The van der Waals surface area contributed by atoms with Crippen LogP contribution in [0, 0.1) is 6.92 Å². The van der Waals surface area contributed by atoms with Crippen molar-refractivity contribution in [1.29, 1.82) is 0 Å². The monoisotopic (exact) mass is 589 g/mol. The van der Waals surface area contributed by atoms with Gasteiger partial charge in [-0.1, -0.05) is 46.9 Å². The van der Waals surface area contributed by atoms with E-state index < -0.39 is 32.5 Å². The molecule has 0 unspecified atom stereocenters. The number of sulfonamides is 2. The zero-order valence-electron chi connectivity index (χ0n) is 19.1. The first-order chi connectivity index (χ1) is 16.8. The standard InChI is InChI=1S/C23H22Cl3N3O5S2/c1-15-3-8-20(35(31,32)27-2)12-22(15)28-23(30)14-29(13-16-4-5-18(25)11-21(16)26)36(33,34)19-9-6-17(24)7-10-19/h3-12,27H,13-14H2,1-2H3,(H,28,30). The highest BCUT2D eigenvalue weighted by Gasteiger charge is 2.28. The van der Waals surface area contributed by atoms with E-state index in [0.29, 0.717) is 21.2 Å². The fraction of sp³-hybridized carbons (Fsp3) is 0.174. The predicted octanol–water partition coefficient (Wildman–Crippen LogP) is 4.69. The quantitative estimate of drug-likeness (QED) is 0.375. The molecule has 36 heavy (non-hydrogen) atoms. The van der Waals surface area contributed by atoms with Gasteiger partial charge >= 0.3 is 0 Å². The molecule has 13 heteroatoms. The van der Waals surface area contributed by atoms with E-state index in [4.69, 9.17) is 34.8 Å². The summed E-state index contributed by atoms with van der Waals surface area (Å²) in [5.41, 5.74) is 1.25. The summed E-state index contributed by atoms with van der Waals surface area (Å²) in [5, 5.41) is 3.57. The molecule has 3 aromatic carbocycles. The molecule has 3 rings (SSSR count). The molecule has 2 N–H and O–H groups in total. The molecule has 0 saturated heterocycles. The third-order valence-electron chi connectivity index (χ3n) is 5.20. The number of carbonyl (C=O) groups excluding carboxylic acids is 1. The number of nitrogens with zero attached hydrogens (tertiary/aromatic N) is 1. The topological polar surface area (TPSA) is 113 Å². The summed E-state index contributed by atoms with van der Waals surface area (Å²) in [4.78, 5) is 12.9. The molecule has 0 saturated carbocycles.